The predicted molar refractivity (Wildman–Crippen MR) is 79.8 cm³/mol. The van der Waals surface area contributed by atoms with Gasteiger partial charge in [0.15, 0.2) is 0 Å². The van der Waals surface area contributed by atoms with E-state index in [4.69, 9.17) is 4.74 Å². The lowest BCUT2D eigenvalue weighted by Gasteiger charge is -2.23. The van der Waals surface area contributed by atoms with Crippen LogP contribution in [0.25, 0.3) is 0 Å². The van der Waals surface area contributed by atoms with E-state index in [1.165, 1.54) is 0 Å². The molecule has 0 saturated carbocycles. The molecular formula is C15H29N3O2. The van der Waals surface area contributed by atoms with Crippen LogP contribution < -0.4 is 5.32 Å². The van der Waals surface area contributed by atoms with Gasteiger partial charge >= 0.3 is 6.03 Å². The highest BCUT2D eigenvalue weighted by Crippen LogP contribution is 2.19. The number of carbonyl (C=O) groups is 1. The second-order valence-electron chi connectivity index (χ2n) is 6.58. The van der Waals surface area contributed by atoms with Crippen LogP contribution in [0.4, 0.5) is 4.79 Å². The van der Waals surface area contributed by atoms with Crippen LogP contribution in [0, 0.1) is 5.92 Å². The number of hydrogen-bond donors (Lipinski definition) is 1. The van der Waals surface area contributed by atoms with Crippen molar-refractivity contribution in [2.45, 2.75) is 44.8 Å². The van der Waals surface area contributed by atoms with Crippen molar-refractivity contribution in [3.05, 3.63) is 0 Å². The molecule has 0 spiro atoms. The van der Waals surface area contributed by atoms with Gasteiger partial charge in [-0.2, -0.15) is 0 Å². The van der Waals surface area contributed by atoms with E-state index in [-0.39, 0.29) is 12.1 Å². The van der Waals surface area contributed by atoms with Gasteiger partial charge in [-0.25, -0.2) is 4.79 Å². The SMILES string of the molecule is C[C@H](C[C@@H]1CCCO1)NC(=O)N1CC[C@H](CN(C)C)C1. The lowest BCUT2D eigenvalue weighted by Crippen LogP contribution is -2.44. The monoisotopic (exact) mass is 283 g/mol. The van der Waals surface area contributed by atoms with Crippen molar-refractivity contribution in [3.8, 4) is 0 Å². The Bertz CT molecular complexity index is 316. The normalized spacial score (nSPS) is 28.1. The molecule has 20 heavy (non-hydrogen) atoms. The molecule has 3 atom stereocenters. The Labute approximate surface area is 122 Å². The van der Waals surface area contributed by atoms with E-state index >= 15 is 0 Å². The van der Waals surface area contributed by atoms with E-state index in [2.05, 4.69) is 31.2 Å². The highest BCUT2D eigenvalue weighted by Gasteiger charge is 2.27. The maximum Gasteiger partial charge on any atom is 0.317 e. The quantitative estimate of drug-likeness (QED) is 0.832. The number of amides is 2. The smallest absolute Gasteiger partial charge is 0.317 e. The Kier molecular flexibility index (Phi) is 5.66. The van der Waals surface area contributed by atoms with Crippen LogP contribution in [-0.4, -0.2) is 68.3 Å². The highest BCUT2D eigenvalue weighted by atomic mass is 16.5. The first-order valence-corrected chi connectivity index (χ1v) is 7.86. The number of carbonyl (C=O) groups excluding carboxylic acids is 1. The third-order valence-corrected chi connectivity index (χ3v) is 4.21. The Morgan fingerprint density at radius 2 is 2.25 bits per heavy atom. The van der Waals surface area contributed by atoms with Gasteiger partial charge in [0.2, 0.25) is 0 Å². The van der Waals surface area contributed by atoms with Crippen LogP contribution in [0.15, 0.2) is 0 Å². The molecule has 5 heteroatoms. The minimum Gasteiger partial charge on any atom is -0.378 e. The van der Waals surface area contributed by atoms with Crippen molar-refractivity contribution < 1.29 is 9.53 Å². The molecule has 0 aliphatic carbocycles. The van der Waals surface area contributed by atoms with Gasteiger partial charge in [0, 0.05) is 32.3 Å². The minimum absolute atomic E-state index is 0.0942. The molecule has 2 aliphatic rings. The third-order valence-electron chi connectivity index (χ3n) is 4.21. The van der Waals surface area contributed by atoms with Gasteiger partial charge in [0.25, 0.3) is 0 Å². The van der Waals surface area contributed by atoms with E-state index in [1.54, 1.807) is 0 Å². The van der Waals surface area contributed by atoms with Gasteiger partial charge in [0.1, 0.15) is 0 Å². The molecule has 0 bridgehead atoms. The number of nitrogens with zero attached hydrogens (tertiary/aromatic N) is 2. The molecule has 5 nitrogen and oxygen atoms in total. The van der Waals surface area contributed by atoms with Crippen LogP contribution >= 0.6 is 0 Å². The Hall–Kier alpha value is -0.810. The number of nitrogens with one attached hydrogen (secondary N) is 1. The summed E-state index contributed by atoms with van der Waals surface area (Å²) in [6.45, 7) is 5.79. The number of urea groups is 1. The van der Waals surface area contributed by atoms with E-state index in [1.807, 2.05) is 4.90 Å². The molecule has 0 aromatic rings. The maximum absolute atomic E-state index is 12.2. The minimum atomic E-state index is 0.0942. The average molecular weight is 283 g/mol. The second kappa shape index (κ2) is 7.27. The van der Waals surface area contributed by atoms with Crippen LogP contribution in [-0.2, 0) is 4.74 Å². The van der Waals surface area contributed by atoms with Crippen molar-refractivity contribution in [1.82, 2.24) is 15.1 Å². The lowest BCUT2D eigenvalue weighted by molar-refractivity contribution is 0.0963. The van der Waals surface area contributed by atoms with Gasteiger partial charge in [0.05, 0.1) is 6.10 Å². The summed E-state index contributed by atoms with van der Waals surface area (Å²) in [5.41, 5.74) is 0. The number of hydrogen-bond acceptors (Lipinski definition) is 3. The zero-order valence-electron chi connectivity index (χ0n) is 13.1. The Morgan fingerprint density at radius 3 is 2.90 bits per heavy atom. The Balaban J connectivity index is 1.69. The molecule has 0 radical (unpaired) electrons. The van der Waals surface area contributed by atoms with Crippen molar-refractivity contribution in [2.75, 3.05) is 40.3 Å². The second-order valence-corrected chi connectivity index (χ2v) is 6.58. The maximum atomic E-state index is 12.2. The molecule has 2 rings (SSSR count). The molecular weight excluding hydrogens is 254 g/mol. The van der Waals surface area contributed by atoms with Gasteiger partial charge < -0.3 is 19.9 Å². The molecule has 2 fully saturated rings. The van der Waals surface area contributed by atoms with Gasteiger partial charge in [-0.05, 0) is 52.6 Å². The van der Waals surface area contributed by atoms with E-state index in [0.717, 1.165) is 51.9 Å². The predicted octanol–water partition coefficient (Wildman–Crippen LogP) is 1.54. The number of ether oxygens (including phenoxy) is 1. The van der Waals surface area contributed by atoms with Crippen molar-refractivity contribution in [1.29, 1.82) is 0 Å². The fraction of sp³-hybridized carbons (Fsp3) is 0.933. The van der Waals surface area contributed by atoms with Crippen molar-refractivity contribution in [2.24, 2.45) is 5.92 Å². The van der Waals surface area contributed by atoms with Crippen LogP contribution in [0.1, 0.15) is 32.6 Å². The summed E-state index contributed by atoms with van der Waals surface area (Å²) >= 11 is 0. The molecule has 0 unspecified atom stereocenters. The summed E-state index contributed by atoms with van der Waals surface area (Å²) in [7, 11) is 4.18. The summed E-state index contributed by atoms with van der Waals surface area (Å²) < 4.78 is 5.62. The topological polar surface area (TPSA) is 44.8 Å². The Morgan fingerprint density at radius 1 is 1.45 bits per heavy atom. The van der Waals surface area contributed by atoms with E-state index in [0.29, 0.717) is 12.0 Å². The van der Waals surface area contributed by atoms with Gasteiger partial charge in [-0.1, -0.05) is 0 Å². The molecule has 0 aromatic carbocycles. The number of rotatable bonds is 5. The summed E-state index contributed by atoms with van der Waals surface area (Å²) in [6, 6.07) is 0.287. The van der Waals surface area contributed by atoms with Gasteiger partial charge in [-0.15, -0.1) is 0 Å². The van der Waals surface area contributed by atoms with Crippen molar-refractivity contribution >= 4 is 6.03 Å². The third kappa shape index (κ3) is 4.63. The molecule has 2 heterocycles. The molecule has 1 N–H and O–H groups in total. The van der Waals surface area contributed by atoms with E-state index in [9.17, 15) is 4.79 Å². The molecule has 2 aliphatic heterocycles. The fourth-order valence-corrected chi connectivity index (χ4v) is 3.27. The standard InChI is InChI=1S/C15H29N3O2/c1-12(9-14-5-4-8-20-14)16-15(19)18-7-6-13(11-18)10-17(2)3/h12-14H,4-11H2,1-3H3,(H,16,19)/t12-,13-,14+/m1/s1. The van der Waals surface area contributed by atoms with Crippen LogP contribution in [0.2, 0.25) is 0 Å². The zero-order chi connectivity index (χ0) is 14.5. The largest absolute Gasteiger partial charge is 0.378 e. The average Bonchev–Trinajstić information content (AvgIpc) is 2.99. The van der Waals surface area contributed by atoms with E-state index < -0.39 is 0 Å². The first-order valence-electron chi connectivity index (χ1n) is 7.86. The van der Waals surface area contributed by atoms with Crippen molar-refractivity contribution in [3.63, 3.8) is 0 Å². The summed E-state index contributed by atoms with van der Waals surface area (Å²) in [6.07, 6.45) is 4.68. The highest BCUT2D eigenvalue weighted by molar-refractivity contribution is 5.74. The van der Waals surface area contributed by atoms with Crippen LogP contribution in [0.5, 0.6) is 0 Å². The summed E-state index contributed by atoms with van der Waals surface area (Å²) in [5.74, 6) is 0.615. The zero-order valence-corrected chi connectivity index (χ0v) is 13.1. The molecule has 2 amide bonds. The number of likely N-dealkylation sites (tertiary alicyclic amines) is 1. The lowest BCUT2D eigenvalue weighted by atomic mass is 10.1. The molecule has 0 aromatic heterocycles. The first-order chi connectivity index (χ1) is 9.54. The van der Waals surface area contributed by atoms with Gasteiger partial charge in [-0.3, -0.25) is 0 Å². The van der Waals surface area contributed by atoms with Crippen LogP contribution in [0.3, 0.4) is 0 Å². The molecule has 116 valence electrons. The summed E-state index contributed by atoms with van der Waals surface area (Å²) in [5, 5.41) is 3.12. The molecule has 2 saturated heterocycles. The summed E-state index contributed by atoms with van der Waals surface area (Å²) in [4.78, 5) is 16.4. The fourth-order valence-electron chi connectivity index (χ4n) is 3.27. The first kappa shape index (κ1) is 15.6.